The van der Waals surface area contributed by atoms with Crippen molar-refractivity contribution in [2.24, 2.45) is 5.73 Å². The zero-order chi connectivity index (χ0) is 9.90. The maximum atomic E-state index is 6.14. The lowest BCUT2D eigenvalue weighted by atomic mass is 9.91. The molecular formula is C8H16N4S. The Kier molecular flexibility index (Phi) is 3.22. The summed E-state index contributed by atoms with van der Waals surface area (Å²) in [6, 6.07) is 0. The lowest BCUT2D eigenvalue weighted by Gasteiger charge is -2.24. The molecule has 0 atom stereocenters. The molecule has 0 unspecified atom stereocenters. The summed E-state index contributed by atoms with van der Waals surface area (Å²) in [4.78, 5) is 0. The van der Waals surface area contributed by atoms with E-state index in [1.807, 2.05) is 0 Å². The van der Waals surface area contributed by atoms with Gasteiger partial charge in [-0.05, 0) is 12.8 Å². The highest BCUT2D eigenvalue weighted by atomic mass is 32.1. The van der Waals surface area contributed by atoms with E-state index in [-0.39, 0.29) is 5.54 Å². The first kappa shape index (κ1) is 10.4. The lowest BCUT2D eigenvalue weighted by Crippen LogP contribution is -2.40. The average Bonchev–Trinajstić information content (AvgIpc) is 2.51. The number of nitrogen functional groups attached to an aromatic ring is 1. The van der Waals surface area contributed by atoms with Gasteiger partial charge in [-0.25, -0.2) is 0 Å². The second-order valence-corrected chi connectivity index (χ2v) is 4.37. The predicted octanol–water partition coefficient (Wildman–Crippen LogP) is 1.18. The minimum Gasteiger partial charge on any atom is -0.374 e. The molecule has 0 bridgehead atoms. The summed E-state index contributed by atoms with van der Waals surface area (Å²) >= 11 is 1.42. The SMILES string of the molecule is CCC(N)(CC)Cc1nnc(N)s1. The molecule has 13 heavy (non-hydrogen) atoms. The number of hydrogen-bond acceptors (Lipinski definition) is 5. The Morgan fingerprint density at radius 1 is 1.31 bits per heavy atom. The molecule has 0 aliphatic heterocycles. The summed E-state index contributed by atoms with van der Waals surface area (Å²) in [6.45, 7) is 4.18. The standard InChI is InChI=1S/C8H16N4S/c1-3-8(10,4-2)5-6-11-12-7(9)13-6/h3-5,10H2,1-2H3,(H2,9,12). The molecule has 1 heterocycles. The van der Waals surface area contributed by atoms with Crippen LogP contribution in [-0.4, -0.2) is 15.7 Å². The molecule has 74 valence electrons. The third-order valence-corrected chi connectivity index (χ3v) is 3.15. The van der Waals surface area contributed by atoms with Crippen LogP contribution < -0.4 is 11.5 Å². The molecule has 1 aromatic heterocycles. The van der Waals surface area contributed by atoms with Crippen molar-refractivity contribution in [3.05, 3.63) is 5.01 Å². The largest absolute Gasteiger partial charge is 0.374 e. The van der Waals surface area contributed by atoms with E-state index in [1.54, 1.807) is 0 Å². The van der Waals surface area contributed by atoms with Gasteiger partial charge in [0, 0.05) is 12.0 Å². The van der Waals surface area contributed by atoms with Crippen LogP contribution in [-0.2, 0) is 6.42 Å². The number of rotatable bonds is 4. The molecule has 5 heteroatoms. The molecule has 0 spiro atoms. The highest BCUT2D eigenvalue weighted by molar-refractivity contribution is 7.15. The van der Waals surface area contributed by atoms with Crippen LogP contribution in [0, 0.1) is 0 Å². The van der Waals surface area contributed by atoms with E-state index in [0.717, 1.165) is 24.3 Å². The van der Waals surface area contributed by atoms with Crippen LogP contribution in [0.25, 0.3) is 0 Å². The fourth-order valence-electron chi connectivity index (χ4n) is 1.14. The summed E-state index contributed by atoms with van der Waals surface area (Å²) in [7, 11) is 0. The summed E-state index contributed by atoms with van der Waals surface area (Å²) in [5.41, 5.74) is 11.5. The van der Waals surface area contributed by atoms with Crippen molar-refractivity contribution in [3.8, 4) is 0 Å². The van der Waals surface area contributed by atoms with Crippen LogP contribution in [0.15, 0.2) is 0 Å². The smallest absolute Gasteiger partial charge is 0.203 e. The van der Waals surface area contributed by atoms with Crippen LogP contribution in [0.3, 0.4) is 0 Å². The van der Waals surface area contributed by atoms with Crippen molar-refractivity contribution in [3.63, 3.8) is 0 Å². The molecule has 4 nitrogen and oxygen atoms in total. The first-order chi connectivity index (χ1) is 6.09. The van der Waals surface area contributed by atoms with E-state index in [4.69, 9.17) is 11.5 Å². The minimum absolute atomic E-state index is 0.147. The third kappa shape index (κ3) is 2.63. The van der Waals surface area contributed by atoms with E-state index in [0.29, 0.717) is 5.13 Å². The van der Waals surface area contributed by atoms with Crippen molar-refractivity contribution >= 4 is 16.5 Å². The van der Waals surface area contributed by atoms with Gasteiger partial charge >= 0.3 is 0 Å². The molecule has 0 aliphatic carbocycles. The van der Waals surface area contributed by atoms with Crippen molar-refractivity contribution in [2.45, 2.75) is 38.6 Å². The molecular weight excluding hydrogens is 184 g/mol. The molecule has 0 radical (unpaired) electrons. The summed E-state index contributed by atoms with van der Waals surface area (Å²) < 4.78 is 0. The summed E-state index contributed by atoms with van der Waals surface area (Å²) in [5.74, 6) is 0. The number of nitrogens with two attached hydrogens (primary N) is 2. The Morgan fingerprint density at radius 2 is 1.92 bits per heavy atom. The predicted molar refractivity (Wildman–Crippen MR) is 55.5 cm³/mol. The Hall–Kier alpha value is -0.680. The van der Waals surface area contributed by atoms with Crippen molar-refractivity contribution in [1.29, 1.82) is 0 Å². The Labute approximate surface area is 82.3 Å². The van der Waals surface area contributed by atoms with Crippen LogP contribution in [0.2, 0.25) is 0 Å². The van der Waals surface area contributed by atoms with E-state index in [2.05, 4.69) is 24.0 Å². The Bertz CT molecular complexity index is 267. The molecule has 0 aliphatic rings. The van der Waals surface area contributed by atoms with Crippen LogP contribution >= 0.6 is 11.3 Å². The molecule has 0 aromatic carbocycles. The summed E-state index contributed by atoms with van der Waals surface area (Å²) in [6.07, 6.45) is 2.67. The van der Waals surface area contributed by atoms with Gasteiger partial charge in [0.1, 0.15) is 5.01 Å². The normalized spacial score (nSPS) is 11.9. The highest BCUT2D eigenvalue weighted by Crippen LogP contribution is 2.21. The molecule has 0 fully saturated rings. The van der Waals surface area contributed by atoms with Crippen molar-refractivity contribution < 1.29 is 0 Å². The second-order valence-electron chi connectivity index (χ2n) is 3.28. The molecule has 1 aromatic rings. The number of hydrogen-bond donors (Lipinski definition) is 2. The van der Waals surface area contributed by atoms with Gasteiger partial charge in [0.15, 0.2) is 0 Å². The first-order valence-corrected chi connectivity index (χ1v) is 5.28. The van der Waals surface area contributed by atoms with Crippen LogP contribution in [0.1, 0.15) is 31.7 Å². The van der Waals surface area contributed by atoms with Gasteiger partial charge in [0.05, 0.1) is 0 Å². The highest BCUT2D eigenvalue weighted by Gasteiger charge is 2.22. The van der Waals surface area contributed by atoms with Gasteiger partial charge in [-0.1, -0.05) is 25.2 Å². The molecule has 4 N–H and O–H groups in total. The zero-order valence-corrected chi connectivity index (χ0v) is 8.90. The van der Waals surface area contributed by atoms with E-state index >= 15 is 0 Å². The van der Waals surface area contributed by atoms with Gasteiger partial charge in [0.25, 0.3) is 0 Å². The van der Waals surface area contributed by atoms with Gasteiger partial charge in [-0.2, -0.15) is 0 Å². The molecule has 0 saturated carbocycles. The van der Waals surface area contributed by atoms with Gasteiger partial charge in [0.2, 0.25) is 5.13 Å². The van der Waals surface area contributed by atoms with Gasteiger partial charge in [-0.15, -0.1) is 10.2 Å². The maximum absolute atomic E-state index is 6.14. The quantitative estimate of drug-likeness (QED) is 0.765. The number of anilines is 1. The number of aromatic nitrogens is 2. The van der Waals surface area contributed by atoms with E-state index in [1.165, 1.54) is 11.3 Å². The van der Waals surface area contributed by atoms with Crippen molar-refractivity contribution in [2.75, 3.05) is 5.73 Å². The minimum atomic E-state index is -0.147. The fraction of sp³-hybridized carbons (Fsp3) is 0.750. The summed E-state index contributed by atoms with van der Waals surface area (Å²) in [5, 5.41) is 9.17. The first-order valence-electron chi connectivity index (χ1n) is 4.46. The van der Waals surface area contributed by atoms with Crippen molar-refractivity contribution in [1.82, 2.24) is 10.2 Å². The van der Waals surface area contributed by atoms with Crippen LogP contribution in [0.5, 0.6) is 0 Å². The van der Waals surface area contributed by atoms with E-state index in [9.17, 15) is 0 Å². The Balaban J connectivity index is 2.67. The topological polar surface area (TPSA) is 77.8 Å². The molecule has 0 amide bonds. The molecule has 1 rings (SSSR count). The third-order valence-electron chi connectivity index (χ3n) is 2.39. The van der Waals surface area contributed by atoms with Gasteiger partial charge in [-0.3, -0.25) is 0 Å². The number of nitrogens with zero attached hydrogens (tertiary/aromatic N) is 2. The average molecular weight is 200 g/mol. The monoisotopic (exact) mass is 200 g/mol. The zero-order valence-electron chi connectivity index (χ0n) is 8.08. The molecule has 0 saturated heterocycles. The maximum Gasteiger partial charge on any atom is 0.203 e. The fourth-order valence-corrected chi connectivity index (χ4v) is 1.90. The second kappa shape index (κ2) is 4.02. The van der Waals surface area contributed by atoms with Gasteiger partial charge < -0.3 is 11.5 Å². The Morgan fingerprint density at radius 3 is 2.31 bits per heavy atom. The van der Waals surface area contributed by atoms with Crippen LogP contribution in [0.4, 0.5) is 5.13 Å². The lowest BCUT2D eigenvalue weighted by molar-refractivity contribution is 0.392. The van der Waals surface area contributed by atoms with E-state index < -0.39 is 0 Å².